The van der Waals surface area contributed by atoms with Crippen molar-refractivity contribution in [2.75, 3.05) is 7.11 Å². The number of aliphatic hydroxyl groups excluding tert-OH is 1. The molecule has 0 aromatic rings. The number of carbonyl (C=O) groups excluding carboxylic acids is 1. The van der Waals surface area contributed by atoms with Gasteiger partial charge in [0.25, 0.3) is 0 Å². The van der Waals surface area contributed by atoms with E-state index in [1.807, 2.05) is 0 Å². The van der Waals surface area contributed by atoms with Crippen LogP contribution >= 0.6 is 0 Å². The zero-order valence-corrected chi connectivity index (χ0v) is 21.7. The third-order valence-electron chi connectivity index (χ3n) is 8.67. The van der Waals surface area contributed by atoms with E-state index in [2.05, 4.69) is 54.3 Å². The van der Waals surface area contributed by atoms with Crippen molar-refractivity contribution in [2.45, 2.75) is 110 Å². The van der Waals surface area contributed by atoms with Crippen molar-refractivity contribution in [2.24, 2.45) is 23.2 Å². The molecule has 2 fully saturated rings. The number of rotatable bonds is 8. The second-order valence-corrected chi connectivity index (χ2v) is 16.5. The highest BCUT2D eigenvalue weighted by Gasteiger charge is 2.54. The number of aliphatic hydroxyl groups is 1. The van der Waals surface area contributed by atoms with Crippen molar-refractivity contribution < 1.29 is 19.1 Å². The summed E-state index contributed by atoms with van der Waals surface area (Å²) in [7, 11) is -0.432. The first-order chi connectivity index (χ1) is 13.7. The van der Waals surface area contributed by atoms with Crippen LogP contribution in [0.15, 0.2) is 12.2 Å². The van der Waals surface area contributed by atoms with Crippen LogP contribution < -0.4 is 0 Å². The Morgan fingerprint density at radius 2 is 1.90 bits per heavy atom. The van der Waals surface area contributed by atoms with Crippen LogP contribution in [0.25, 0.3) is 0 Å². The highest BCUT2D eigenvalue weighted by molar-refractivity contribution is 6.74. The summed E-state index contributed by atoms with van der Waals surface area (Å²) in [5, 5.41) is 10.8. The largest absolute Gasteiger partial charge is 0.466 e. The summed E-state index contributed by atoms with van der Waals surface area (Å²) in [6.07, 6.45) is 6.96. The van der Waals surface area contributed by atoms with Gasteiger partial charge >= 0.3 is 5.97 Å². The number of fused-ring (bicyclic) bond motifs is 1. The van der Waals surface area contributed by atoms with E-state index in [9.17, 15) is 9.90 Å². The van der Waals surface area contributed by atoms with Crippen LogP contribution in [0, 0.1) is 23.2 Å². The molecule has 174 valence electrons. The molecule has 0 heterocycles. The number of ether oxygens (including phenoxy) is 1. The summed E-state index contributed by atoms with van der Waals surface area (Å²) in [5.74, 6) is 1.20. The molecular weight excluding hydrogens is 392 g/mol. The van der Waals surface area contributed by atoms with Crippen molar-refractivity contribution >= 4 is 14.3 Å². The molecule has 1 N–H and O–H groups in total. The van der Waals surface area contributed by atoms with Crippen molar-refractivity contribution in [3.63, 3.8) is 0 Å². The fourth-order valence-corrected chi connectivity index (χ4v) is 7.37. The molecule has 2 rings (SSSR count). The lowest BCUT2D eigenvalue weighted by molar-refractivity contribution is -0.136. The molecule has 2 unspecified atom stereocenters. The van der Waals surface area contributed by atoms with Gasteiger partial charge in [0.15, 0.2) is 8.32 Å². The summed E-state index contributed by atoms with van der Waals surface area (Å²) in [6.45, 7) is 20.2. The minimum atomic E-state index is -1.79. The maximum absolute atomic E-state index is 11.6. The minimum Gasteiger partial charge on any atom is -0.466 e. The van der Waals surface area contributed by atoms with E-state index in [1.54, 1.807) is 0 Å². The molecule has 0 aromatic heterocycles. The first-order valence-corrected chi connectivity index (χ1v) is 14.8. The number of hydrogen-bond acceptors (Lipinski definition) is 4. The lowest BCUT2D eigenvalue weighted by Crippen LogP contribution is -2.50. The van der Waals surface area contributed by atoms with Gasteiger partial charge in [0.05, 0.1) is 13.2 Å². The molecule has 30 heavy (non-hydrogen) atoms. The van der Waals surface area contributed by atoms with Gasteiger partial charge in [-0.2, -0.15) is 0 Å². The minimum absolute atomic E-state index is 0.234. The molecule has 0 aliphatic heterocycles. The molecule has 2 aliphatic carbocycles. The quantitative estimate of drug-likeness (QED) is 0.283. The Balaban J connectivity index is 2.05. The molecule has 2 saturated carbocycles. The van der Waals surface area contributed by atoms with E-state index in [-0.39, 0.29) is 10.5 Å². The summed E-state index contributed by atoms with van der Waals surface area (Å²) < 4.78 is 11.7. The van der Waals surface area contributed by atoms with Gasteiger partial charge in [-0.3, -0.25) is 0 Å². The smallest absolute Gasteiger partial charge is 0.333 e. The van der Waals surface area contributed by atoms with E-state index in [4.69, 9.17) is 9.16 Å². The van der Waals surface area contributed by atoms with Gasteiger partial charge in [0.2, 0.25) is 0 Å². The van der Waals surface area contributed by atoms with E-state index >= 15 is 0 Å². The fraction of sp³-hybridized carbons (Fsp3) is 0.880. The van der Waals surface area contributed by atoms with Crippen molar-refractivity contribution in [3.05, 3.63) is 12.2 Å². The summed E-state index contributed by atoms with van der Waals surface area (Å²) in [5.41, 5.74) is 0.636. The molecule has 0 spiro atoms. The summed E-state index contributed by atoms with van der Waals surface area (Å²) in [4.78, 5) is 11.6. The van der Waals surface area contributed by atoms with Gasteiger partial charge in [0.1, 0.15) is 0 Å². The number of hydrogen-bond donors (Lipinski definition) is 1. The number of carbonyl (C=O) groups is 1. The Labute approximate surface area is 185 Å². The van der Waals surface area contributed by atoms with Crippen LogP contribution in [0.3, 0.4) is 0 Å². The van der Waals surface area contributed by atoms with E-state index in [1.165, 1.54) is 39.2 Å². The Morgan fingerprint density at radius 3 is 2.47 bits per heavy atom. The van der Waals surface area contributed by atoms with Crippen LogP contribution in [0.1, 0.15) is 79.6 Å². The Hall–Kier alpha value is -0.653. The molecule has 2 aliphatic rings. The van der Waals surface area contributed by atoms with Gasteiger partial charge in [0, 0.05) is 18.1 Å². The Morgan fingerprint density at radius 1 is 1.27 bits per heavy atom. The highest BCUT2D eigenvalue weighted by atomic mass is 28.4. The molecule has 4 nitrogen and oxygen atoms in total. The van der Waals surface area contributed by atoms with Gasteiger partial charge < -0.3 is 14.3 Å². The summed E-state index contributed by atoms with van der Waals surface area (Å²) in [6, 6.07) is 0. The van der Waals surface area contributed by atoms with Crippen molar-refractivity contribution in [1.29, 1.82) is 0 Å². The predicted octanol–water partition coefficient (Wildman–Crippen LogP) is 6.10. The number of esters is 1. The third-order valence-corrected chi connectivity index (χ3v) is 13.2. The van der Waals surface area contributed by atoms with Crippen LogP contribution in [-0.4, -0.2) is 38.7 Å². The molecule has 0 saturated heterocycles. The molecular formula is C25H46O4Si. The molecule has 0 aromatic carbocycles. The monoisotopic (exact) mass is 438 g/mol. The topological polar surface area (TPSA) is 55.8 Å². The lowest BCUT2D eigenvalue weighted by atomic mass is 9.61. The first-order valence-electron chi connectivity index (χ1n) is 11.8. The summed E-state index contributed by atoms with van der Waals surface area (Å²) >= 11 is 0. The first kappa shape index (κ1) is 25.6. The average Bonchev–Trinajstić information content (AvgIpc) is 2.97. The van der Waals surface area contributed by atoms with Crippen LogP contribution in [-0.2, 0) is 14.0 Å². The normalized spacial score (nSPS) is 31.7. The maximum Gasteiger partial charge on any atom is 0.333 e. The van der Waals surface area contributed by atoms with Crippen LogP contribution in [0.5, 0.6) is 0 Å². The molecule has 5 heteroatoms. The van der Waals surface area contributed by atoms with Crippen molar-refractivity contribution in [1.82, 2.24) is 0 Å². The second-order valence-electron chi connectivity index (χ2n) is 11.8. The molecule has 0 bridgehead atoms. The van der Waals surface area contributed by atoms with E-state index in [0.29, 0.717) is 42.3 Å². The lowest BCUT2D eigenvalue weighted by Gasteiger charge is -2.50. The van der Waals surface area contributed by atoms with Crippen LogP contribution in [0.4, 0.5) is 0 Å². The van der Waals surface area contributed by atoms with Gasteiger partial charge in [-0.1, -0.05) is 47.6 Å². The van der Waals surface area contributed by atoms with Crippen LogP contribution in [0.2, 0.25) is 18.1 Å². The Bertz CT molecular complexity index is 623. The highest BCUT2D eigenvalue weighted by Crippen LogP contribution is 2.59. The standard InChI is InChI=1S/C25H46O4Si/c1-17(15-19(26)16-18(2)23(27)28-7)20-12-13-21-22(11-10-14-25(20,21)6)29-30(8,9)24(3,4)5/h17,19-22,26H,2,10-16H2,1,3-9H3/t17-,19+,20-,21?,22?,25-/m1/s1. The van der Waals surface area contributed by atoms with Gasteiger partial charge in [-0.15, -0.1) is 0 Å². The van der Waals surface area contributed by atoms with Gasteiger partial charge in [-0.25, -0.2) is 4.79 Å². The van der Waals surface area contributed by atoms with E-state index < -0.39 is 20.4 Å². The average molecular weight is 439 g/mol. The fourth-order valence-electron chi connectivity index (χ4n) is 5.98. The van der Waals surface area contributed by atoms with Gasteiger partial charge in [-0.05, 0) is 73.4 Å². The SMILES string of the molecule is C=C(C[C@@H](O)C[C@@H](C)[C@H]1CCC2C(O[Si](C)(C)C(C)(C)C)CCC[C@@]21C)C(=O)OC. The third kappa shape index (κ3) is 5.39. The Kier molecular flexibility index (Phi) is 8.07. The zero-order valence-electron chi connectivity index (χ0n) is 20.7. The predicted molar refractivity (Wildman–Crippen MR) is 126 cm³/mol. The molecule has 6 atom stereocenters. The maximum atomic E-state index is 11.6. The zero-order chi connectivity index (χ0) is 22.9. The van der Waals surface area contributed by atoms with E-state index in [0.717, 1.165) is 0 Å². The molecule has 0 amide bonds. The number of methoxy groups -OCH3 is 1. The second kappa shape index (κ2) is 9.46. The molecule has 0 radical (unpaired) electrons. The van der Waals surface area contributed by atoms with Crippen molar-refractivity contribution in [3.8, 4) is 0 Å².